The molecule has 1 aliphatic heterocycles. The van der Waals surface area contributed by atoms with Crippen molar-refractivity contribution < 1.29 is 14.9 Å². The second kappa shape index (κ2) is 10.5. The summed E-state index contributed by atoms with van der Waals surface area (Å²) < 4.78 is 5.40. The Morgan fingerprint density at radius 2 is 2.00 bits per heavy atom. The normalized spacial score (nSPS) is 15.4. The van der Waals surface area contributed by atoms with Crippen LogP contribution < -0.4 is 5.32 Å². The number of rotatable bonds is 8. The summed E-state index contributed by atoms with van der Waals surface area (Å²) >= 11 is 0. The number of nitrogens with one attached hydrogen (secondary N) is 1. The van der Waals surface area contributed by atoms with Gasteiger partial charge >= 0.3 is 0 Å². The maximum Gasteiger partial charge on any atom is 0.163 e. The highest BCUT2D eigenvalue weighted by Gasteiger charge is 2.15. The van der Waals surface area contributed by atoms with E-state index in [0.717, 1.165) is 50.5 Å². The van der Waals surface area contributed by atoms with Crippen LogP contribution >= 0.6 is 0 Å². The molecule has 1 atom stereocenters. The molecule has 8 nitrogen and oxygen atoms in total. The number of aromatic nitrogens is 3. The molecular weight excluding hydrogens is 406 g/mol. The standard InChI is InChI=1S/C24H29N5O3/c1-17-11-19(13-21(30)12-17)22(31)14-20-15-23(26-5-6-29-7-9-32-10-8-29)28-24(27-20)18-3-2-4-25-16-18/h2-4,11-13,15-16,22,30-31H,5-10,14H2,1H3,(H,26,27,28). The van der Waals surface area contributed by atoms with Gasteiger partial charge in [-0.25, -0.2) is 9.97 Å². The minimum atomic E-state index is -0.793. The third kappa shape index (κ3) is 6.00. The lowest BCUT2D eigenvalue weighted by Gasteiger charge is -2.26. The summed E-state index contributed by atoms with van der Waals surface area (Å²) in [5, 5.41) is 24.1. The van der Waals surface area contributed by atoms with E-state index in [0.29, 0.717) is 29.3 Å². The first kappa shape index (κ1) is 22.1. The Hall–Kier alpha value is -3.07. The number of aromatic hydroxyl groups is 1. The SMILES string of the molecule is Cc1cc(O)cc(C(O)Cc2cc(NCCN3CCOCC3)nc(-c3cccnc3)n2)c1. The van der Waals surface area contributed by atoms with Crippen LogP contribution in [-0.2, 0) is 11.2 Å². The van der Waals surface area contributed by atoms with Gasteiger partial charge in [-0.05, 0) is 42.3 Å². The Morgan fingerprint density at radius 3 is 2.75 bits per heavy atom. The quantitative estimate of drug-likeness (QED) is 0.496. The van der Waals surface area contributed by atoms with E-state index in [1.165, 1.54) is 0 Å². The van der Waals surface area contributed by atoms with Crippen LogP contribution in [0.5, 0.6) is 5.75 Å². The second-order valence-electron chi connectivity index (χ2n) is 8.01. The van der Waals surface area contributed by atoms with Crippen LogP contribution in [0.1, 0.15) is 22.9 Å². The Labute approximate surface area is 187 Å². The smallest absolute Gasteiger partial charge is 0.163 e. The Kier molecular flexibility index (Phi) is 7.26. The number of phenolic OH excluding ortho intramolecular Hbond substituents is 1. The van der Waals surface area contributed by atoms with Gasteiger partial charge in [0.25, 0.3) is 0 Å². The van der Waals surface area contributed by atoms with E-state index in [9.17, 15) is 10.2 Å². The fraction of sp³-hybridized carbons (Fsp3) is 0.375. The Balaban J connectivity index is 1.52. The van der Waals surface area contributed by atoms with E-state index in [4.69, 9.17) is 4.74 Å². The van der Waals surface area contributed by atoms with Gasteiger partial charge in [-0.3, -0.25) is 9.88 Å². The number of nitrogens with zero attached hydrogens (tertiary/aromatic N) is 4. The topological polar surface area (TPSA) is 104 Å². The molecule has 4 rings (SSSR count). The summed E-state index contributed by atoms with van der Waals surface area (Å²) in [5.74, 6) is 1.41. The molecular formula is C24H29N5O3. The van der Waals surface area contributed by atoms with E-state index in [1.54, 1.807) is 24.5 Å². The van der Waals surface area contributed by atoms with Gasteiger partial charge in [-0.15, -0.1) is 0 Å². The lowest BCUT2D eigenvalue weighted by atomic mass is 10.0. The Morgan fingerprint density at radius 1 is 1.16 bits per heavy atom. The van der Waals surface area contributed by atoms with Crippen molar-refractivity contribution >= 4 is 5.82 Å². The average Bonchev–Trinajstić information content (AvgIpc) is 2.79. The van der Waals surface area contributed by atoms with Crippen LogP contribution in [0.4, 0.5) is 5.82 Å². The summed E-state index contributed by atoms with van der Waals surface area (Å²) in [6, 6.07) is 10.8. The number of aliphatic hydroxyl groups excluding tert-OH is 1. The monoisotopic (exact) mass is 435 g/mol. The summed E-state index contributed by atoms with van der Waals surface area (Å²) in [5.41, 5.74) is 3.07. The third-order valence-corrected chi connectivity index (χ3v) is 5.41. The molecule has 8 heteroatoms. The van der Waals surface area contributed by atoms with Crippen LogP contribution in [0.15, 0.2) is 48.8 Å². The lowest BCUT2D eigenvalue weighted by molar-refractivity contribution is 0.0398. The molecule has 2 aromatic heterocycles. The highest BCUT2D eigenvalue weighted by Crippen LogP contribution is 2.25. The number of aryl methyl sites for hydroxylation is 1. The fourth-order valence-corrected chi connectivity index (χ4v) is 3.78. The van der Waals surface area contributed by atoms with Crippen LogP contribution in [0.3, 0.4) is 0 Å². The van der Waals surface area contributed by atoms with E-state index < -0.39 is 6.10 Å². The molecule has 168 valence electrons. The van der Waals surface area contributed by atoms with Gasteiger partial charge in [-0.2, -0.15) is 0 Å². The summed E-state index contributed by atoms with van der Waals surface area (Å²) in [4.78, 5) is 15.9. The maximum atomic E-state index is 10.8. The van der Waals surface area contributed by atoms with Crippen molar-refractivity contribution in [1.29, 1.82) is 0 Å². The average molecular weight is 436 g/mol. The van der Waals surface area contributed by atoms with Crippen LogP contribution in [-0.4, -0.2) is 69.5 Å². The number of phenols is 1. The highest BCUT2D eigenvalue weighted by atomic mass is 16.5. The van der Waals surface area contributed by atoms with Gasteiger partial charge in [-0.1, -0.05) is 6.07 Å². The van der Waals surface area contributed by atoms with Crippen molar-refractivity contribution in [2.24, 2.45) is 0 Å². The molecule has 0 radical (unpaired) electrons. The van der Waals surface area contributed by atoms with Crippen molar-refractivity contribution in [1.82, 2.24) is 19.9 Å². The minimum Gasteiger partial charge on any atom is -0.508 e. The third-order valence-electron chi connectivity index (χ3n) is 5.41. The largest absolute Gasteiger partial charge is 0.508 e. The minimum absolute atomic E-state index is 0.142. The van der Waals surface area contributed by atoms with Crippen LogP contribution in [0.25, 0.3) is 11.4 Å². The zero-order valence-electron chi connectivity index (χ0n) is 18.2. The van der Waals surface area contributed by atoms with Gasteiger partial charge in [0.2, 0.25) is 0 Å². The van der Waals surface area contributed by atoms with Crippen molar-refractivity contribution in [2.75, 3.05) is 44.7 Å². The number of pyridine rings is 1. The first-order valence-corrected chi connectivity index (χ1v) is 10.9. The van der Waals surface area contributed by atoms with Gasteiger partial charge in [0.15, 0.2) is 5.82 Å². The molecule has 1 saturated heterocycles. The molecule has 1 aromatic carbocycles. The molecule has 0 amide bonds. The molecule has 1 aliphatic rings. The van der Waals surface area contributed by atoms with Crippen LogP contribution in [0.2, 0.25) is 0 Å². The van der Waals surface area contributed by atoms with Crippen molar-refractivity contribution in [3.63, 3.8) is 0 Å². The number of hydrogen-bond acceptors (Lipinski definition) is 8. The molecule has 3 heterocycles. The van der Waals surface area contributed by atoms with Gasteiger partial charge in [0.1, 0.15) is 11.6 Å². The highest BCUT2D eigenvalue weighted by molar-refractivity contribution is 5.56. The fourth-order valence-electron chi connectivity index (χ4n) is 3.78. The molecule has 3 aromatic rings. The number of anilines is 1. The van der Waals surface area contributed by atoms with Gasteiger partial charge < -0.3 is 20.3 Å². The molecule has 0 bridgehead atoms. The predicted octanol–water partition coefficient (Wildman–Crippen LogP) is 2.57. The molecule has 32 heavy (non-hydrogen) atoms. The molecule has 1 fully saturated rings. The van der Waals surface area contributed by atoms with Crippen molar-refractivity contribution in [3.8, 4) is 17.1 Å². The van der Waals surface area contributed by atoms with Crippen LogP contribution in [0, 0.1) is 6.92 Å². The molecule has 0 aliphatic carbocycles. The Bertz CT molecular complexity index is 1010. The first-order valence-electron chi connectivity index (χ1n) is 10.9. The summed E-state index contributed by atoms with van der Waals surface area (Å²) in [6.45, 7) is 6.95. The molecule has 0 spiro atoms. The summed E-state index contributed by atoms with van der Waals surface area (Å²) in [6.07, 6.45) is 2.95. The number of aliphatic hydroxyl groups is 1. The first-order chi connectivity index (χ1) is 15.6. The number of hydrogen-bond donors (Lipinski definition) is 3. The molecule has 1 unspecified atom stereocenters. The lowest BCUT2D eigenvalue weighted by Crippen LogP contribution is -2.39. The summed E-state index contributed by atoms with van der Waals surface area (Å²) in [7, 11) is 0. The van der Waals surface area contributed by atoms with E-state index in [1.807, 2.05) is 31.2 Å². The molecule has 3 N–H and O–H groups in total. The number of benzene rings is 1. The molecule has 0 saturated carbocycles. The predicted molar refractivity (Wildman–Crippen MR) is 123 cm³/mol. The van der Waals surface area contributed by atoms with E-state index >= 15 is 0 Å². The van der Waals surface area contributed by atoms with E-state index in [2.05, 4.69) is 25.2 Å². The van der Waals surface area contributed by atoms with Gasteiger partial charge in [0, 0.05) is 62.3 Å². The second-order valence-corrected chi connectivity index (χ2v) is 8.01. The number of morpholine rings is 1. The van der Waals surface area contributed by atoms with E-state index in [-0.39, 0.29) is 5.75 Å². The number of ether oxygens (including phenoxy) is 1. The zero-order valence-corrected chi connectivity index (χ0v) is 18.2. The van der Waals surface area contributed by atoms with Crippen molar-refractivity contribution in [3.05, 3.63) is 65.6 Å². The maximum absolute atomic E-state index is 10.8. The zero-order chi connectivity index (χ0) is 22.3. The van der Waals surface area contributed by atoms with Gasteiger partial charge in [0.05, 0.1) is 19.3 Å². The van der Waals surface area contributed by atoms with Crippen molar-refractivity contribution in [2.45, 2.75) is 19.4 Å².